The van der Waals surface area contributed by atoms with Gasteiger partial charge in [-0.3, -0.25) is 10.0 Å². The van der Waals surface area contributed by atoms with Crippen LogP contribution < -0.4 is 21.2 Å². The molecule has 1 aliphatic heterocycles. The van der Waals surface area contributed by atoms with Crippen molar-refractivity contribution < 1.29 is 14.8 Å². The zero-order valence-corrected chi connectivity index (χ0v) is 17.2. The van der Waals surface area contributed by atoms with Crippen LogP contribution in [0.5, 0.6) is 0 Å². The Hall–Kier alpha value is -3.47. The van der Waals surface area contributed by atoms with Gasteiger partial charge in [0.1, 0.15) is 18.1 Å². The van der Waals surface area contributed by atoms with Gasteiger partial charge < -0.3 is 16.0 Å². The molecule has 0 saturated carbocycles. The number of amides is 1. The molecule has 3 aromatic rings. The van der Waals surface area contributed by atoms with Crippen molar-refractivity contribution in [3.05, 3.63) is 71.4 Å². The molecule has 4 N–H and O–H groups in total. The normalized spacial score (nSPS) is 12.3. The molecule has 30 heavy (non-hydrogen) atoms. The second-order valence-corrected chi connectivity index (χ2v) is 7.16. The van der Waals surface area contributed by atoms with Crippen LogP contribution in [0.2, 0.25) is 0 Å². The number of benzene rings is 2. The zero-order valence-electron chi connectivity index (χ0n) is 15.6. The minimum atomic E-state index is -0.292. The summed E-state index contributed by atoms with van der Waals surface area (Å²) in [5.41, 5.74) is 3.50. The molecule has 1 amide bonds. The molecule has 152 valence electrons. The molecule has 0 saturated heterocycles. The van der Waals surface area contributed by atoms with E-state index < -0.39 is 0 Å². The van der Waals surface area contributed by atoms with Gasteiger partial charge in [-0.15, -0.1) is 5.23 Å². The van der Waals surface area contributed by atoms with Crippen molar-refractivity contribution in [1.29, 1.82) is 0 Å². The smallest absolute Gasteiger partial charge is 0.247 e. The molecule has 1 aliphatic rings. The molecular weight excluding hydrogens is 452 g/mol. The number of rotatable bonds is 6. The SMILES string of the molecule is C=CC(=O)Nc1cccc(Nc2ncc(Br)c(Nc3ccc4c(c3)N(O)OC4)n2)c1. The Labute approximate surface area is 180 Å². The van der Waals surface area contributed by atoms with E-state index in [1.807, 2.05) is 18.2 Å². The van der Waals surface area contributed by atoms with Crippen LogP contribution in [0.15, 0.2) is 65.8 Å². The van der Waals surface area contributed by atoms with Gasteiger partial charge in [0, 0.05) is 28.8 Å². The van der Waals surface area contributed by atoms with Crippen molar-refractivity contribution in [2.45, 2.75) is 6.61 Å². The van der Waals surface area contributed by atoms with Crippen molar-refractivity contribution >= 4 is 56.4 Å². The molecular formula is C20H17BrN6O3. The Morgan fingerprint density at radius 3 is 2.83 bits per heavy atom. The van der Waals surface area contributed by atoms with Gasteiger partial charge in [0.05, 0.1) is 4.47 Å². The number of nitrogens with one attached hydrogen (secondary N) is 3. The van der Waals surface area contributed by atoms with Crippen LogP contribution >= 0.6 is 15.9 Å². The number of hydrogen-bond acceptors (Lipinski definition) is 8. The number of anilines is 6. The summed E-state index contributed by atoms with van der Waals surface area (Å²) in [6, 6.07) is 12.7. The molecule has 1 aromatic heterocycles. The molecule has 9 nitrogen and oxygen atoms in total. The van der Waals surface area contributed by atoms with Crippen molar-refractivity contribution in [2.75, 3.05) is 21.2 Å². The predicted molar refractivity (Wildman–Crippen MR) is 117 cm³/mol. The molecule has 2 heterocycles. The van der Waals surface area contributed by atoms with Gasteiger partial charge in [0.15, 0.2) is 0 Å². The van der Waals surface area contributed by atoms with Crippen molar-refractivity contribution in [2.24, 2.45) is 0 Å². The van der Waals surface area contributed by atoms with Crippen molar-refractivity contribution in [1.82, 2.24) is 9.97 Å². The molecule has 2 aromatic carbocycles. The Morgan fingerprint density at radius 2 is 2.00 bits per heavy atom. The quantitative estimate of drug-likeness (QED) is 0.391. The molecule has 0 spiro atoms. The molecule has 0 bridgehead atoms. The summed E-state index contributed by atoms with van der Waals surface area (Å²) in [6.45, 7) is 3.76. The number of halogens is 1. The van der Waals surface area contributed by atoms with E-state index in [-0.39, 0.29) is 5.91 Å². The first kappa shape index (κ1) is 19.8. The highest BCUT2D eigenvalue weighted by atomic mass is 79.9. The van der Waals surface area contributed by atoms with E-state index >= 15 is 0 Å². The third-order valence-corrected chi connectivity index (χ3v) is 4.79. The van der Waals surface area contributed by atoms with Gasteiger partial charge in [-0.05, 0) is 52.3 Å². The van der Waals surface area contributed by atoms with Crippen LogP contribution in [0.25, 0.3) is 0 Å². The second kappa shape index (κ2) is 8.49. The number of carbonyl (C=O) groups is 1. The molecule has 0 radical (unpaired) electrons. The number of carbonyl (C=O) groups excluding carboxylic acids is 1. The number of fused-ring (bicyclic) bond motifs is 1. The fourth-order valence-corrected chi connectivity index (χ4v) is 3.08. The van der Waals surface area contributed by atoms with Crippen LogP contribution in [0.4, 0.5) is 34.5 Å². The van der Waals surface area contributed by atoms with Gasteiger partial charge in [0.25, 0.3) is 0 Å². The maximum Gasteiger partial charge on any atom is 0.247 e. The second-order valence-electron chi connectivity index (χ2n) is 6.30. The topological polar surface area (TPSA) is 112 Å². The van der Waals surface area contributed by atoms with E-state index in [1.54, 1.807) is 30.5 Å². The Balaban J connectivity index is 1.53. The molecule has 0 atom stereocenters. The highest BCUT2D eigenvalue weighted by Gasteiger charge is 2.19. The Bertz CT molecular complexity index is 1120. The van der Waals surface area contributed by atoms with Crippen LogP contribution in [0, 0.1) is 0 Å². The third-order valence-electron chi connectivity index (χ3n) is 4.21. The first-order valence-electron chi connectivity index (χ1n) is 8.87. The standard InChI is InChI=1S/C20H17BrN6O3/c1-2-18(28)23-13-4-3-5-14(8-13)25-20-22-10-16(21)19(26-20)24-15-7-6-12-11-30-27(29)17(12)9-15/h2-10,29H,1,11H2,(H,23,28)(H2,22,24,25,26). The lowest BCUT2D eigenvalue weighted by atomic mass is 10.2. The maximum atomic E-state index is 11.5. The van der Waals surface area contributed by atoms with E-state index in [0.29, 0.717) is 39.9 Å². The fourth-order valence-electron chi connectivity index (χ4n) is 2.79. The van der Waals surface area contributed by atoms with E-state index in [2.05, 4.69) is 48.4 Å². The number of nitrogens with zero attached hydrogens (tertiary/aromatic N) is 3. The average Bonchev–Trinajstić information content (AvgIpc) is 3.11. The van der Waals surface area contributed by atoms with Gasteiger partial charge in [0.2, 0.25) is 11.9 Å². The Kier molecular flexibility index (Phi) is 5.61. The summed E-state index contributed by atoms with van der Waals surface area (Å²) in [4.78, 5) is 25.3. The van der Waals surface area contributed by atoms with E-state index in [9.17, 15) is 10.0 Å². The van der Waals surface area contributed by atoms with Crippen LogP contribution in [-0.4, -0.2) is 21.1 Å². The molecule has 0 unspecified atom stereocenters. The van der Waals surface area contributed by atoms with E-state index in [4.69, 9.17) is 4.84 Å². The summed E-state index contributed by atoms with van der Waals surface area (Å²) in [6.07, 6.45) is 2.83. The third kappa shape index (κ3) is 4.40. The van der Waals surface area contributed by atoms with Gasteiger partial charge >= 0.3 is 0 Å². The molecule has 0 fully saturated rings. The lowest BCUT2D eigenvalue weighted by molar-refractivity contribution is -0.111. The van der Waals surface area contributed by atoms with Crippen LogP contribution in [-0.2, 0) is 16.2 Å². The largest absolute Gasteiger partial charge is 0.339 e. The van der Waals surface area contributed by atoms with Crippen molar-refractivity contribution in [3.63, 3.8) is 0 Å². The average molecular weight is 469 g/mol. The lowest BCUT2D eigenvalue weighted by Gasteiger charge is -2.13. The van der Waals surface area contributed by atoms with Crippen LogP contribution in [0.1, 0.15) is 5.56 Å². The van der Waals surface area contributed by atoms with E-state index in [0.717, 1.165) is 16.5 Å². The monoisotopic (exact) mass is 468 g/mol. The summed E-state index contributed by atoms with van der Waals surface area (Å²) in [5.74, 6) is 0.605. The molecule has 10 heteroatoms. The Morgan fingerprint density at radius 1 is 1.20 bits per heavy atom. The summed E-state index contributed by atoms with van der Waals surface area (Å²) >= 11 is 3.44. The van der Waals surface area contributed by atoms with Gasteiger partial charge in [-0.2, -0.15) is 4.98 Å². The van der Waals surface area contributed by atoms with Gasteiger partial charge in [-0.25, -0.2) is 9.82 Å². The summed E-state index contributed by atoms with van der Waals surface area (Å²) in [5, 5.41) is 19.5. The lowest BCUT2D eigenvalue weighted by Crippen LogP contribution is -2.11. The summed E-state index contributed by atoms with van der Waals surface area (Å²) in [7, 11) is 0. The first-order chi connectivity index (χ1) is 14.5. The highest BCUT2D eigenvalue weighted by Crippen LogP contribution is 2.32. The highest BCUT2D eigenvalue weighted by molar-refractivity contribution is 9.10. The molecule has 4 rings (SSSR count). The minimum absolute atomic E-state index is 0.292. The maximum absolute atomic E-state index is 11.5. The minimum Gasteiger partial charge on any atom is -0.339 e. The summed E-state index contributed by atoms with van der Waals surface area (Å²) < 4.78 is 0.664. The first-order valence-corrected chi connectivity index (χ1v) is 9.66. The van der Waals surface area contributed by atoms with Crippen LogP contribution in [0.3, 0.4) is 0 Å². The zero-order chi connectivity index (χ0) is 21.1. The van der Waals surface area contributed by atoms with E-state index in [1.165, 1.54) is 6.08 Å². The predicted octanol–water partition coefficient (Wildman–Crippen LogP) is 4.49. The van der Waals surface area contributed by atoms with Gasteiger partial charge in [-0.1, -0.05) is 18.7 Å². The fraction of sp³-hybridized carbons (Fsp3) is 0.0500. The number of aromatic nitrogens is 2. The number of hydrogen-bond donors (Lipinski definition) is 4. The molecule has 0 aliphatic carbocycles. The van der Waals surface area contributed by atoms with Crippen molar-refractivity contribution in [3.8, 4) is 0 Å².